The predicted molar refractivity (Wildman–Crippen MR) is 69.5 cm³/mol. The van der Waals surface area contributed by atoms with Gasteiger partial charge in [-0.25, -0.2) is 0 Å². The number of ether oxygens (including phenoxy) is 2. The van der Waals surface area contributed by atoms with Crippen molar-refractivity contribution in [3.63, 3.8) is 0 Å². The number of aliphatic hydroxyl groups excluding tert-OH is 1. The number of hydrogen-bond acceptors (Lipinski definition) is 4. The molecule has 98 valence electrons. The van der Waals surface area contributed by atoms with Crippen molar-refractivity contribution in [3.05, 3.63) is 23.8 Å². The smallest absolute Gasteiger partial charge is 0.231 e. The quantitative estimate of drug-likeness (QED) is 0.809. The molecule has 0 spiro atoms. The van der Waals surface area contributed by atoms with Crippen molar-refractivity contribution in [2.45, 2.75) is 33.3 Å². The molecule has 1 aliphatic rings. The van der Waals surface area contributed by atoms with Crippen LogP contribution >= 0.6 is 0 Å². The highest BCUT2D eigenvalue weighted by Gasteiger charge is 2.24. The molecule has 1 heterocycles. The number of benzene rings is 1. The van der Waals surface area contributed by atoms with Crippen LogP contribution in [-0.4, -0.2) is 23.7 Å². The Bertz CT molecular complexity index is 463. The van der Waals surface area contributed by atoms with E-state index in [4.69, 9.17) is 14.9 Å². The molecule has 0 bridgehead atoms. The van der Waals surface area contributed by atoms with E-state index < -0.39 is 6.10 Å². The molecule has 4 nitrogen and oxygen atoms in total. The molecule has 1 atom stereocenters. The van der Waals surface area contributed by atoms with Crippen LogP contribution in [0.5, 0.6) is 11.5 Å². The molecule has 0 aromatic heterocycles. The van der Waals surface area contributed by atoms with Gasteiger partial charge in [-0.2, -0.15) is 0 Å². The van der Waals surface area contributed by atoms with E-state index in [1.807, 2.05) is 26.8 Å². The van der Waals surface area contributed by atoms with Crippen LogP contribution in [0.25, 0.3) is 0 Å². The lowest BCUT2D eigenvalue weighted by Crippen LogP contribution is -2.28. The van der Waals surface area contributed by atoms with Gasteiger partial charge in [0.05, 0.1) is 6.10 Å². The molecule has 0 saturated carbocycles. The summed E-state index contributed by atoms with van der Waals surface area (Å²) >= 11 is 0. The lowest BCUT2D eigenvalue weighted by atomic mass is 9.85. The second-order valence-electron chi connectivity index (χ2n) is 5.63. The molecule has 2 rings (SSSR count). The van der Waals surface area contributed by atoms with E-state index in [0.29, 0.717) is 23.6 Å². The van der Waals surface area contributed by atoms with E-state index in [9.17, 15) is 5.11 Å². The van der Waals surface area contributed by atoms with E-state index in [2.05, 4.69) is 0 Å². The van der Waals surface area contributed by atoms with Gasteiger partial charge in [0.15, 0.2) is 11.5 Å². The first-order chi connectivity index (χ1) is 8.38. The molecule has 1 unspecified atom stereocenters. The summed E-state index contributed by atoms with van der Waals surface area (Å²) in [5, 5.41) is 18.1. The highest BCUT2D eigenvalue weighted by Crippen LogP contribution is 2.33. The molecular formula is C14H19NO3. The summed E-state index contributed by atoms with van der Waals surface area (Å²) < 4.78 is 10.5. The van der Waals surface area contributed by atoms with Crippen LogP contribution in [0.4, 0.5) is 0 Å². The van der Waals surface area contributed by atoms with Gasteiger partial charge < -0.3 is 20.0 Å². The molecule has 2 N–H and O–H groups in total. The van der Waals surface area contributed by atoms with Crippen molar-refractivity contribution in [1.82, 2.24) is 0 Å². The number of aliphatic hydroxyl groups is 1. The molecule has 0 aliphatic carbocycles. The Morgan fingerprint density at radius 3 is 2.67 bits per heavy atom. The zero-order valence-electron chi connectivity index (χ0n) is 11.0. The first kappa shape index (κ1) is 12.9. The number of rotatable bonds is 3. The summed E-state index contributed by atoms with van der Waals surface area (Å²) in [5.74, 6) is 1.38. The lowest BCUT2D eigenvalue weighted by molar-refractivity contribution is 0.0696. The molecule has 1 aliphatic heterocycles. The maximum Gasteiger partial charge on any atom is 0.231 e. The fourth-order valence-corrected chi connectivity index (χ4v) is 1.70. The zero-order valence-corrected chi connectivity index (χ0v) is 11.0. The topological polar surface area (TPSA) is 62.5 Å². The fraction of sp³-hybridized carbons (Fsp3) is 0.500. The largest absolute Gasteiger partial charge is 0.454 e. The second kappa shape index (κ2) is 4.61. The van der Waals surface area contributed by atoms with E-state index in [0.717, 1.165) is 5.56 Å². The molecule has 0 fully saturated rings. The molecule has 0 radical (unpaired) electrons. The molecule has 1 aromatic rings. The summed E-state index contributed by atoms with van der Waals surface area (Å²) in [7, 11) is 0. The molecule has 0 amide bonds. The maximum absolute atomic E-state index is 10.0. The van der Waals surface area contributed by atoms with Gasteiger partial charge in [0.1, 0.15) is 0 Å². The third-order valence-electron chi connectivity index (χ3n) is 3.12. The number of hydrogen-bond donors (Lipinski definition) is 2. The van der Waals surface area contributed by atoms with Crippen LogP contribution in [0.3, 0.4) is 0 Å². The van der Waals surface area contributed by atoms with Gasteiger partial charge >= 0.3 is 0 Å². The van der Waals surface area contributed by atoms with Gasteiger partial charge in [-0.05, 0) is 29.2 Å². The first-order valence-electron chi connectivity index (χ1n) is 6.03. The normalized spacial score (nSPS) is 15.6. The maximum atomic E-state index is 10.0. The third-order valence-corrected chi connectivity index (χ3v) is 3.12. The molecule has 18 heavy (non-hydrogen) atoms. The lowest BCUT2D eigenvalue weighted by Gasteiger charge is -2.26. The summed E-state index contributed by atoms with van der Waals surface area (Å²) in [6, 6.07) is 5.42. The Hall–Kier alpha value is -1.55. The van der Waals surface area contributed by atoms with Gasteiger partial charge in [0.25, 0.3) is 0 Å². The average Bonchev–Trinajstić information content (AvgIpc) is 2.74. The van der Waals surface area contributed by atoms with Crippen molar-refractivity contribution >= 4 is 5.71 Å². The Morgan fingerprint density at radius 1 is 1.33 bits per heavy atom. The van der Waals surface area contributed by atoms with Crippen LogP contribution in [0.1, 0.15) is 32.8 Å². The zero-order chi connectivity index (χ0) is 13.3. The van der Waals surface area contributed by atoms with Crippen LogP contribution < -0.4 is 9.47 Å². The Morgan fingerprint density at radius 2 is 2.00 bits per heavy atom. The summed E-state index contributed by atoms with van der Waals surface area (Å²) in [6.45, 7) is 6.12. The minimum Gasteiger partial charge on any atom is -0.454 e. The van der Waals surface area contributed by atoms with Gasteiger partial charge in [-0.1, -0.05) is 20.8 Å². The molecular weight excluding hydrogens is 230 g/mol. The van der Waals surface area contributed by atoms with Crippen molar-refractivity contribution < 1.29 is 14.6 Å². The molecule has 1 aromatic carbocycles. The number of nitrogens with one attached hydrogen (secondary N) is 1. The van der Waals surface area contributed by atoms with Crippen LogP contribution in [0, 0.1) is 10.8 Å². The SMILES string of the molecule is CC(C)(C)C(O)CC(=N)c1ccc2c(c1)OCO2. The first-order valence-corrected chi connectivity index (χ1v) is 6.03. The fourth-order valence-electron chi connectivity index (χ4n) is 1.70. The minimum absolute atomic E-state index is 0.220. The minimum atomic E-state index is -0.532. The van der Waals surface area contributed by atoms with Gasteiger partial charge in [-0.15, -0.1) is 0 Å². The van der Waals surface area contributed by atoms with Crippen molar-refractivity contribution in [2.75, 3.05) is 6.79 Å². The van der Waals surface area contributed by atoms with Gasteiger partial charge in [0, 0.05) is 12.1 Å². The van der Waals surface area contributed by atoms with Gasteiger partial charge in [-0.3, -0.25) is 0 Å². The monoisotopic (exact) mass is 249 g/mol. The molecule has 0 saturated heterocycles. The van der Waals surface area contributed by atoms with Crippen molar-refractivity contribution in [1.29, 1.82) is 5.41 Å². The third kappa shape index (κ3) is 2.64. The van der Waals surface area contributed by atoms with Crippen molar-refractivity contribution in [3.8, 4) is 11.5 Å². The summed E-state index contributed by atoms with van der Waals surface area (Å²) in [6.07, 6.45) is -0.196. The predicted octanol–water partition coefficient (Wildman–Crippen LogP) is 2.58. The Kier molecular flexibility index (Phi) is 3.30. The van der Waals surface area contributed by atoms with E-state index >= 15 is 0 Å². The standard InChI is InChI=1S/C14H19NO3/c1-14(2,3)13(16)7-10(15)9-4-5-11-12(6-9)18-8-17-11/h4-6,13,15-16H,7-8H2,1-3H3. The van der Waals surface area contributed by atoms with E-state index in [1.54, 1.807) is 12.1 Å². The van der Waals surface area contributed by atoms with Crippen molar-refractivity contribution in [2.24, 2.45) is 5.41 Å². The number of fused-ring (bicyclic) bond motifs is 1. The highest BCUT2D eigenvalue weighted by molar-refractivity contribution is 5.99. The highest BCUT2D eigenvalue weighted by atomic mass is 16.7. The van der Waals surface area contributed by atoms with E-state index in [1.165, 1.54) is 0 Å². The summed E-state index contributed by atoms with van der Waals surface area (Å²) in [4.78, 5) is 0. The van der Waals surface area contributed by atoms with Gasteiger partial charge in [0.2, 0.25) is 6.79 Å². The average molecular weight is 249 g/mol. The Balaban J connectivity index is 2.10. The second-order valence-corrected chi connectivity index (χ2v) is 5.63. The molecule has 4 heteroatoms. The summed E-state index contributed by atoms with van der Waals surface area (Å²) in [5.41, 5.74) is 0.959. The Labute approximate surface area is 107 Å². The van der Waals surface area contributed by atoms with E-state index in [-0.39, 0.29) is 12.2 Å². The van der Waals surface area contributed by atoms with Crippen LogP contribution in [-0.2, 0) is 0 Å². The van der Waals surface area contributed by atoms with Crippen LogP contribution in [0.15, 0.2) is 18.2 Å². The van der Waals surface area contributed by atoms with Crippen LogP contribution in [0.2, 0.25) is 0 Å².